The van der Waals surface area contributed by atoms with Gasteiger partial charge in [-0.25, -0.2) is 0 Å². The van der Waals surface area contributed by atoms with Crippen LogP contribution < -0.4 is 5.32 Å². The van der Waals surface area contributed by atoms with E-state index < -0.39 is 0 Å². The van der Waals surface area contributed by atoms with E-state index in [9.17, 15) is 4.79 Å². The van der Waals surface area contributed by atoms with E-state index in [1.165, 1.54) is 4.88 Å². The van der Waals surface area contributed by atoms with Gasteiger partial charge in [0.1, 0.15) is 6.17 Å². The molecule has 1 aromatic heterocycles. The highest BCUT2D eigenvalue weighted by Crippen LogP contribution is 2.29. The second kappa shape index (κ2) is 6.50. The van der Waals surface area contributed by atoms with Gasteiger partial charge in [0, 0.05) is 18.0 Å². The minimum atomic E-state index is -0.0146. The molecule has 1 saturated heterocycles. The summed E-state index contributed by atoms with van der Waals surface area (Å²) in [5.74, 6) is 0.252. The fraction of sp³-hybridized carbons (Fsp3) is 0.643. The maximum absolute atomic E-state index is 12.5. The van der Waals surface area contributed by atoms with Crippen LogP contribution in [-0.4, -0.2) is 48.9 Å². The zero-order chi connectivity index (χ0) is 13.8. The fourth-order valence-electron chi connectivity index (χ4n) is 2.40. The van der Waals surface area contributed by atoms with Gasteiger partial charge in [-0.2, -0.15) is 0 Å². The number of hydrogen-bond acceptors (Lipinski definition) is 4. The largest absolute Gasteiger partial charge is 0.319 e. The van der Waals surface area contributed by atoms with E-state index in [0.29, 0.717) is 0 Å². The van der Waals surface area contributed by atoms with Crippen LogP contribution >= 0.6 is 11.3 Å². The van der Waals surface area contributed by atoms with Gasteiger partial charge in [-0.1, -0.05) is 19.4 Å². The van der Waals surface area contributed by atoms with Gasteiger partial charge in [0.15, 0.2) is 0 Å². The van der Waals surface area contributed by atoms with Crippen molar-refractivity contribution in [3.8, 4) is 0 Å². The number of carbonyl (C=O) groups excluding carboxylic acids is 1. The summed E-state index contributed by atoms with van der Waals surface area (Å²) in [6.45, 7) is 3.80. The minimum Gasteiger partial charge on any atom is -0.319 e. The number of amides is 1. The summed E-state index contributed by atoms with van der Waals surface area (Å²) in [4.78, 5) is 17.8. The van der Waals surface area contributed by atoms with Crippen LogP contribution in [0.25, 0.3) is 0 Å². The van der Waals surface area contributed by atoms with Crippen molar-refractivity contribution >= 4 is 17.2 Å². The summed E-state index contributed by atoms with van der Waals surface area (Å²) in [6, 6.07) is 4.13. The molecule has 0 spiro atoms. The van der Waals surface area contributed by atoms with Crippen molar-refractivity contribution < 1.29 is 4.79 Å². The highest BCUT2D eigenvalue weighted by molar-refractivity contribution is 7.10. The van der Waals surface area contributed by atoms with Crippen molar-refractivity contribution in [1.82, 2.24) is 15.1 Å². The SMILES string of the molecule is CCCC1NC(c2cccs2)N(CCN(C)C)C1=O. The monoisotopic (exact) mass is 281 g/mol. The number of hydrogen-bond donors (Lipinski definition) is 1. The fourth-order valence-corrected chi connectivity index (χ4v) is 3.20. The summed E-state index contributed by atoms with van der Waals surface area (Å²) in [6.07, 6.45) is 2.00. The van der Waals surface area contributed by atoms with Crippen molar-refractivity contribution in [2.45, 2.75) is 32.0 Å². The Labute approximate surface area is 119 Å². The van der Waals surface area contributed by atoms with Crippen LogP contribution in [0.3, 0.4) is 0 Å². The predicted molar refractivity (Wildman–Crippen MR) is 79.2 cm³/mol. The summed E-state index contributed by atoms with van der Waals surface area (Å²) < 4.78 is 0. The molecule has 106 valence electrons. The molecule has 2 rings (SSSR count). The summed E-state index contributed by atoms with van der Waals surface area (Å²) in [5, 5.41) is 5.55. The number of thiophene rings is 1. The first-order valence-corrected chi connectivity index (χ1v) is 7.76. The third-order valence-electron chi connectivity index (χ3n) is 3.43. The standard InChI is InChI=1S/C14H23N3OS/c1-4-6-11-14(18)17(9-8-16(2)3)13(15-11)12-7-5-10-19-12/h5,7,10-11,13,15H,4,6,8-9H2,1-3H3. The molecule has 1 aromatic rings. The quantitative estimate of drug-likeness (QED) is 0.865. The lowest BCUT2D eigenvalue weighted by molar-refractivity contribution is -0.130. The number of likely N-dealkylation sites (N-methyl/N-ethyl adjacent to an activating group) is 1. The Bertz CT molecular complexity index is 405. The van der Waals surface area contributed by atoms with Crippen LogP contribution in [0.4, 0.5) is 0 Å². The zero-order valence-electron chi connectivity index (χ0n) is 11.9. The minimum absolute atomic E-state index is 0.0146. The Morgan fingerprint density at radius 1 is 1.47 bits per heavy atom. The van der Waals surface area contributed by atoms with E-state index in [1.807, 2.05) is 25.1 Å². The van der Waals surface area contributed by atoms with Crippen molar-refractivity contribution in [2.24, 2.45) is 0 Å². The van der Waals surface area contributed by atoms with Gasteiger partial charge in [0.05, 0.1) is 6.04 Å². The van der Waals surface area contributed by atoms with Crippen molar-refractivity contribution in [1.29, 1.82) is 0 Å². The van der Waals surface area contributed by atoms with Gasteiger partial charge in [-0.05, 0) is 32.0 Å². The smallest absolute Gasteiger partial charge is 0.241 e. The van der Waals surface area contributed by atoms with E-state index in [0.717, 1.165) is 25.9 Å². The first-order chi connectivity index (χ1) is 9.13. The third kappa shape index (κ3) is 3.35. The van der Waals surface area contributed by atoms with E-state index in [-0.39, 0.29) is 18.1 Å². The molecule has 1 aliphatic heterocycles. The zero-order valence-corrected chi connectivity index (χ0v) is 12.7. The van der Waals surface area contributed by atoms with Crippen LogP contribution in [0.15, 0.2) is 17.5 Å². The maximum atomic E-state index is 12.5. The van der Waals surface area contributed by atoms with Crippen LogP contribution in [0, 0.1) is 0 Å². The average Bonchev–Trinajstić information content (AvgIpc) is 2.97. The van der Waals surface area contributed by atoms with Crippen molar-refractivity contribution in [2.75, 3.05) is 27.2 Å². The Morgan fingerprint density at radius 3 is 2.84 bits per heavy atom. The number of carbonyl (C=O) groups is 1. The lowest BCUT2D eigenvalue weighted by Crippen LogP contribution is -2.36. The van der Waals surface area contributed by atoms with E-state index in [2.05, 4.69) is 28.6 Å². The average molecular weight is 281 g/mol. The lowest BCUT2D eigenvalue weighted by atomic mass is 10.2. The van der Waals surface area contributed by atoms with E-state index in [1.54, 1.807) is 11.3 Å². The number of nitrogens with zero attached hydrogens (tertiary/aromatic N) is 2. The molecular formula is C14H23N3OS. The molecule has 1 aliphatic rings. The van der Waals surface area contributed by atoms with E-state index in [4.69, 9.17) is 0 Å². The molecule has 0 radical (unpaired) electrons. The molecule has 1 fully saturated rings. The van der Waals surface area contributed by atoms with Crippen LogP contribution in [-0.2, 0) is 4.79 Å². The Balaban J connectivity index is 2.11. The maximum Gasteiger partial charge on any atom is 0.241 e. The third-order valence-corrected chi connectivity index (χ3v) is 4.35. The molecule has 1 N–H and O–H groups in total. The Kier molecular flexibility index (Phi) is 4.96. The summed E-state index contributed by atoms with van der Waals surface area (Å²) in [5.41, 5.74) is 0. The molecule has 0 bridgehead atoms. The Morgan fingerprint density at radius 2 is 2.26 bits per heavy atom. The van der Waals surface area contributed by atoms with Gasteiger partial charge < -0.3 is 9.80 Å². The second-order valence-electron chi connectivity index (χ2n) is 5.26. The van der Waals surface area contributed by atoms with Gasteiger partial charge in [-0.15, -0.1) is 11.3 Å². The molecule has 2 atom stereocenters. The first-order valence-electron chi connectivity index (χ1n) is 6.88. The molecule has 5 heteroatoms. The second-order valence-corrected chi connectivity index (χ2v) is 6.24. The Hall–Kier alpha value is -0.910. The van der Waals surface area contributed by atoms with Crippen LogP contribution in [0.5, 0.6) is 0 Å². The molecule has 1 amide bonds. The molecule has 0 aromatic carbocycles. The van der Waals surface area contributed by atoms with Crippen LogP contribution in [0.1, 0.15) is 30.8 Å². The molecule has 4 nitrogen and oxygen atoms in total. The highest BCUT2D eigenvalue weighted by atomic mass is 32.1. The topological polar surface area (TPSA) is 35.6 Å². The van der Waals surface area contributed by atoms with Crippen molar-refractivity contribution in [3.63, 3.8) is 0 Å². The summed E-state index contributed by atoms with van der Waals surface area (Å²) >= 11 is 1.71. The van der Waals surface area contributed by atoms with Gasteiger partial charge in [0.2, 0.25) is 5.91 Å². The number of nitrogens with one attached hydrogen (secondary N) is 1. The van der Waals surface area contributed by atoms with Gasteiger partial charge >= 0.3 is 0 Å². The molecule has 0 aliphatic carbocycles. The molecular weight excluding hydrogens is 258 g/mol. The summed E-state index contributed by atoms with van der Waals surface area (Å²) in [7, 11) is 4.08. The van der Waals surface area contributed by atoms with Gasteiger partial charge in [-0.3, -0.25) is 10.1 Å². The highest BCUT2D eigenvalue weighted by Gasteiger charge is 2.39. The first kappa shape index (κ1) is 14.5. The lowest BCUT2D eigenvalue weighted by Gasteiger charge is -2.24. The molecule has 19 heavy (non-hydrogen) atoms. The molecule has 0 saturated carbocycles. The molecule has 2 unspecified atom stereocenters. The van der Waals surface area contributed by atoms with Gasteiger partial charge in [0.25, 0.3) is 0 Å². The number of rotatable bonds is 6. The van der Waals surface area contributed by atoms with E-state index >= 15 is 0 Å². The molecule has 2 heterocycles. The normalized spacial score (nSPS) is 23.6. The predicted octanol–water partition coefficient (Wildman–Crippen LogP) is 1.91. The van der Waals surface area contributed by atoms with Crippen molar-refractivity contribution in [3.05, 3.63) is 22.4 Å². The van der Waals surface area contributed by atoms with Crippen LogP contribution in [0.2, 0.25) is 0 Å².